The van der Waals surface area contributed by atoms with Crippen LogP contribution in [0.25, 0.3) is 11.4 Å². The summed E-state index contributed by atoms with van der Waals surface area (Å²) >= 11 is 12.2. The van der Waals surface area contributed by atoms with Crippen LogP contribution < -0.4 is 9.47 Å². The Morgan fingerprint density at radius 3 is 1.58 bits per heavy atom. The quantitative estimate of drug-likeness (QED) is 0.118. The third-order valence-electron chi connectivity index (χ3n) is 10.6. The lowest BCUT2D eigenvalue weighted by atomic mass is 9.99. The van der Waals surface area contributed by atoms with Crippen molar-refractivity contribution in [1.29, 1.82) is 0 Å². The Morgan fingerprint density at radius 2 is 1.13 bits per heavy atom. The monoisotopic (exact) mass is 872 g/mol. The van der Waals surface area contributed by atoms with Gasteiger partial charge in [0, 0.05) is 69.6 Å². The van der Waals surface area contributed by atoms with Crippen LogP contribution in [0.2, 0.25) is 10.0 Å². The Hall–Kier alpha value is -5.98. The van der Waals surface area contributed by atoms with Crippen LogP contribution in [-0.4, -0.2) is 65.7 Å². The van der Waals surface area contributed by atoms with Crippen molar-refractivity contribution in [3.05, 3.63) is 141 Å². The van der Waals surface area contributed by atoms with Gasteiger partial charge < -0.3 is 9.47 Å². The minimum atomic E-state index is -0.440. The molecule has 0 fully saturated rings. The molecule has 320 valence electrons. The molecule has 2 aliphatic heterocycles. The summed E-state index contributed by atoms with van der Waals surface area (Å²) in [4.78, 5) is 35.4. The molecule has 0 aliphatic carbocycles. The van der Waals surface area contributed by atoms with Crippen molar-refractivity contribution in [3.63, 3.8) is 0 Å². The molecule has 2 atom stereocenters. The molecule has 4 heterocycles. The summed E-state index contributed by atoms with van der Waals surface area (Å²) < 4.78 is 15.4. The van der Waals surface area contributed by atoms with E-state index in [-0.39, 0.29) is 36.4 Å². The van der Waals surface area contributed by atoms with E-state index in [0.717, 1.165) is 74.6 Å². The number of aromatic nitrogens is 6. The van der Waals surface area contributed by atoms with Gasteiger partial charge in [0.25, 0.3) is 0 Å². The number of nitrogens with zero attached hydrogens (tertiary/aromatic N) is 8. The standard InChI is InChI=1S/C25H27ClN4O2.C23H23ClN4O2/c1-5-6-19(31)13-22-25-29-28-16(4)30(25)23-14-20(32-15(2)3)11-12-21(23)24(27-22)17-7-9-18(26)10-8-17;1-13(2)21(29)12-19-23-27-26-14(3)28(23)20-11-17(30-4)9-10-18(20)22(25-19)15-5-7-16(24)8-6-15/h7-12,14-15,22H,5-6,13H2,1-4H3;5-11,13,19H,12H2,1-4H3/t22-;19-/m00/s1. The average molecular weight is 874 g/mol. The number of carbonyl (C=O) groups is 2. The molecule has 0 N–H and O–H groups in total. The first-order valence-corrected chi connectivity index (χ1v) is 21.6. The van der Waals surface area contributed by atoms with Crippen LogP contribution in [0.15, 0.2) is 94.9 Å². The number of Topliss-reactive ketones (excluding diaryl/α,β-unsaturated/α-hetero) is 2. The van der Waals surface area contributed by atoms with Crippen LogP contribution in [0.4, 0.5) is 0 Å². The molecule has 6 aromatic rings. The highest BCUT2D eigenvalue weighted by molar-refractivity contribution is 6.31. The maximum absolute atomic E-state index is 12.6. The summed E-state index contributed by atoms with van der Waals surface area (Å²) in [6.45, 7) is 13.6. The van der Waals surface area contributed by atoms with Crippen LogP contribution in [0, 0.1) is 19.8 Å². The molecule has 0 spiro atoms. The summed E-state index contributed by atoms with van der Waals surface area (Å²) in [6, 6.07) is 26.1. The van der Waals surface area contributed by atoms with E-state index in [1.807, 2.05) is 143 Å². The number of rotatable bonds is 12. The number of carbonyl (C=O) groups excluding carboxylic acids is 2. The molecule has 0 saturated heterocycles. The zero-order chi connectivity index (χ0) is 44.2. The second kappa shape index (κ2) is 19.0. The van der Waals surface area contributed by atoms with E-state index in [1.165, 1.54) is 0 Å². The molecule has 4 aromatic carbocycles. The Bertz CT molecular complexity index is 2660. The Balaban J connectivity index is 0.000000187. The number of aliphatic imine (C=N–C) groups is 2. The minimum Gasteiger partial charge on any atom is -0.497 e. The fourth-order valence-corrected chi connectivity index (χ4v) is 7.84. The van der Waals surface area contributed by atoms with Crippen LogP contribution in [0.1, 0.15) is 118 Å². The molecule has 0 saturated carbocycles. The molecule has 0 bridgehead atoms. The molecule has 0 unspecified atom stereocenters. The third-order valence-corrected chi connectivity index (χ3v) is 11.1. The van der Waals surface area contributed by atoms with Gasteiger partial charge in [-0.25, -0.2) is 0 Å². The van der Waals surface area contributed by atoms with Crippen LogP contribution in [-0.2, 0) is 9.59 Å². The van der Waals surface area contributed by atoms with E-state index in [1.54, 1.807) is 7.11 Å². The predicted molar refractivity (Wildman–Crippen MR) is 243 cm³/mol. The van der Waals surface area contributed by atoms with Crippen molar-refractivity contribution in [2.45, 2.75) is 92.3 Å². The normalized spacial score (nSPS) is 15.2. The van der Waals surface area contributed by atoms with Gasteiger partial charge in [-0.15, -0.1) is 20.4 Å². The topological polar surface area (TPSA) is 139 Å². The molecule has 62 heavy (non-hydrogen) atoms. The lowest BCUT2D eigenvalue weighted by molar-refractivity contribution is -0.122. The molecule has 2 aliphatic rings. The van der Waals surface area contributed by atoms with Crippen molar-refractivity contribution in [2.75, 3.05) is 7.11 Å². The lowest BCUT2D eigenvalue weighted by Gasteiger charge is -2.16. The number of hydrogen-bond donors (Lipinski definition) is 0. The summed E-state index contributed by atoms with van der Waals surface area (Å²) in [5.74, 6) is 4.49. The number of methoxy groups -OCH3 is 1. The first-order chi connectivity index (χ1) is 29.8. The molecular weight excluding hydrogens is 823 g/mol. The number of aryl methyl sites for hydroxylation is 2. The van der Waals surface area contributed by atoms with Crippen LogP contribution in [0.3, 0.4) is 0 Å². The van der Waals surface area contributed by atoms with Crippen LogP contribution in [0.5, 0.6) is 11.5 Å². The minimum absolute atomic E-state index is 0.0455. The molecule has 0 radical (unpaired) electrons. The first-order valence-electron chi connectivity index (χ1n) is 20.8. The second-order valence-electron chi connectivity index (χ2n) is 15.9. The van der Waals surface area contributed by atoms with E-state index in [2.05, 4.69) is 20.4 Å². The van der Waals surface area contributed by atoms with E-state index in [9.17, 15) is 9.59 Å². The van der Waals surface area contributed by atoms with Gasteiger partial charge in [0.15, 0.2) is 11.6 Å². The van der Waals surface area contributed by atoms with E-state index < -0.39 is 12.1 Å². The Morgan fingerprint density at radius 1 is 0.661 bits per heavy atom. The smallest absolute Gasteiger partial charge is 0.162 e. The maximum atomic E-state index is 12.6. The van der Waals surface area contributed by atoms with E-state index in [0.29, 0.717) is 28.1 Å². The van der Waals surface area contributed by atoms with E-state index in [4.69, 9.17) is 42.7 Å². The van der Waals surface area contributed by atoms with Gasteiger partial charge in [0.2, 0.25) is 0 Å². The molecular formula is C48H50Cl2N8O4. The number of hydrogen-bond acceptors (Lipinski definition) is 10. The van der Waals surface area contributed by atoms with Crippen molar-refractivity contribution >= 4 is 46.2 Å². The van der Waals surface area contributed by atoms with Gasteiger partial charge in [0.05, 0.1) is 36.0 Å². The highest BCUT2D eigenvalue weighted by Gasteiger charge is 2.32. The number of ketones is 2. The van der Waals surface area contributed by atoms with Crippen molar-refractivity contribution in [2.24, 2.45) is 15.9 Å². The lowest BCUT2D eigenvalue weighted by Crippen LogP contribution is -2.14. The number of ether oxygens (including phenoxy) is 2. The fourth-order valence-electron chi connectivity index (χ4n) is 7.59. The van der Waals surface area contributed by atoms with Crippen molar-refractivity contribution in [3.8, 4) is 22.9 Å². The summed E-state index contributed by atoms with van der Waals surface area (Å²) in [5, 5.41) is 18.7. The zero-order valence-corrected chi connectivity index (χ0v) is 37.7. The number of halogens is 2. The fraction of sp³-hybridized carbons (Fsp3) is 0.333. The van der Waals surface area contributed by atoms with Crippen LogP contribution >= 0.6 is 23.2 Å². The molecule has 8 rings (SSSR count). The van der Waals surface area contributed by atoms with Gasteiger partial charge >= 0.3 is 0 Å². The zero-order valence-electron chi connectivity index (χ0n) is 36.2. The molecule has 12 nitrogen and oxygen atoms in total. The number of benzene rings is 4. The Labute approximate surface area is 372 Å². The maximum Gasteiger partial charge on any atom is 0.162 e. The second-order valence-corrected chi connectivity index (χ2v) is 16.8. The first kappa shape index (κ1) is 44.1. The number of fused-ring (bicyclic) bond motifs is 6. The SMILES string of the molecule is CCCC(=O)C[C@@H]1N=C(c2ccc(Cl)cc2)c2ccc(OC(C)C)cc2-n2c(C)nnc21.COc1ccc2c(c1)-n1c(C)nnc1[C@H](CC(=O)C(C)C)N=C2c1ccc(Cl)cc1. The summed E-state index contributed by atoms with van der Waals surface area (Å²) in [5.41, 5.74) is 7.05. The van der Waals surface area contributed by atoms with E-state index >= 15 is 0 Å². The Kier molecular flexibility index (Phi) is 13.5. The van der Waals surface area contributed by atoms with Gasteiger partial charge in [0.1, 0.15) is 46.8 Å². The molecule has 0 amide bonds. The highest BCUT2D eigenvalue weighted by Crippen LogP contribution is 2.37. The average Bonchev–Trinajstić information content (AvgIpc) is 3.75. The van der Waals surface area contributed by atoms with Gasteiger partial charge in [-0.3, -0.25) is 28.7 Å². The van der Waals surface area contributed by atoms with Crippen molar-refractivity contribution in [1.82, 2.24) is 29.5 Å². The summed E-state index contributed by atoms with van der Waals surface area (Å²) in [6.07, 6.45) is 1.92. The van der Waals surface area contributed by atoms with Gasteiger partial charge in [-0.05, 0) is 82.6 Å². The van der Waals surface area contributed by atoms with Crippen molar-refractivity contribution < 1.29 is 19.1 Å². The van der Waals surface area contributed by atoms with Gasteiger partial charge in [-0.1, -0.05) is 68.2 Å². The predicted octanol–water partition coefficient (Wildman–Crippen LogP) is 10.4. The molecule has 14 heteroatoms. The largest absolute Gasteiger partial charge is 0.497 e. The highest BCUT2D eigenvalue weighted by atomic mass is 35.5. The molecule has 2 aromatic heterocycles. The summed E-state index contributed by atoms with van der Waals surface area (Å²) in [7, 11) is 1.64. The third kappa shape index (κ3) is 9.41. The van der Waals surface area contributed by atoms with Gasteiger partial charge in [-0.2, -0.15) is 0 Å².